The lowest BCUT2D eigenvalue weighted by atomic mass is 10.0. The standard InChI is InChI=1S/C13H16N2O4/c1-7-11(13(17)14-7)15-12(16)10-8(18-2)5-4-6-9(10)19-3/h4-7,11H,1-3H3,(H,14,17)(H,15,16)/t7-,11-/m0/s1. The Balaban J connectivity index is 2.25. The van der Waals surface area contributed by atoms with E-state index in [4.69, 9.17) is 9.47 Å². The second-order valence-corrected chi connectivity index (χ2v) is 4.29. The average Bonchev–Trinajstić information content (AvgIpc) is 2.43. The molecule has 0 bridgehead atoms. The summed E-state index contributed by atoms with van der Waals surface area (Å²) in [6, 6.07) is 4.48. The van der Waals surface area contributed by atoms with E-state index in [0.717, 1.165) is 0 Å². The zero-order valence-electron chi connectivity index (χ0n) is 11.0. The topological polar surface area (TPSA) is 76.7 Å². The smallest absolute Gasteiger partial charge is 0.259 e. The van der Waals surface area contributed by atoms with Crippen molar-refractivity contribution in [3.05, 3.63) is 23.8 Å². The highest BCUT2D eigenvalue weighted by molar-refractivity contribution is 6.03. The molecular weight excluding hydrogens is 248 g/mol. The first-order chi connectivity index (χ1) is 9.08. The maximum Gasteiger partial charge on any atom is 0.259 e. The lowest BCUT2D eigenvalue weighted by Gasteiger charge is -2.34. The molecule has 0 saturated carbocycles. The van der Waals surface area contributed by atoms with Gasteiger partial charge in [0.05, 0.1) is 20.3 Å². The first-order valence-electron chi connectivity index (χ1n) is 5.90. The van der Waals surface area contributed by atoms with Crippen LogP contribution in [0.25, 0.3) is 0 Å². The van der Waals surface area contributed by atoms with E-state index in [1.54, 1.807) is 18.2 Å². The third-order valence-electron chi connectivity index (χ3n) is 3.09. The summed E-state index contributed by atoms with van der Waals surface area (Å²) in [6.45, 7) is 1.83. The second kappa shape index (κ2) is 5.17. The van der Waals surface area contributed by atoms with Crippen LogP contribution < -0.4 is 20.1 Å². The van der Waals surface area contributed by atoms with Crippen LogP contribution >= 0.6 is 0 Å². The molecular formula is C13H16N2O4. The summed E-state index contributed by atoms with van der Waals surface area (Å²) in [5.74, 6) is 0.240. The van der Waals surface area contributed by atoms with Crippen LogP contribution in [0.5, 0.6) is 11.5 Å². The van der Waals surface area contributed by atoms with Gasteiger partial charge in [-0.1, -0.05) is 6.07 Å². The molecule has 2 atom stereocenters. The number of carbonyl (C=O) groups excluding carboxylic acids is 2. The Kier molecular flexibility index (Phi) is 3.59. The lowest BCUT2D eigenvalue weighted by Crippen LogP contribution is -2.67. The summed E-state index contributed by atoms with van der Waals surface area (Å²) in [5.41, 5.74) is 0.291. The number of carbonyl (C=O) groups is 2. The van der Waals surface area contributed by atoms with Crippen LogP contribution in [0.4, 0.5) is 0 Å². The minimum atomic E-state index is -0.512. The van der Waals surface area contributed by atoms with E-state index < -0.39 is 6.04 Å². The molecule has 19 heavy (non-hydrogen) atoms. The molecule has 2 rings (SSSR count). The number of rotatable bonds is 4. The number of hydrogen-bond acceptors (Lipinski definition) is 4. The van der Waals surface area contributed by atoms with E-state index >= 15 is 0 Å². The summed E-state index contributed by atoms with van der Waals surface area (Å²) in [5, 5.41) is 5.32. The van der Waals surface area contributed by atoms with Crippen molar-refractivity contribution < 1.29 is 19.1 Å². The molecule has 0 aromatic heterocycles. The van der Waals surface area contributed by atoms with Gasteiger partial charge in [0.15, 0.2) is 0 Å². The van der Waals surface area contributed by atoms with Crippen molar-refractivity contribution >= 4 is 11.8 Å². The van der Waals surface area contributed by atoms with Gasteiger partial charge in [0.25, 0.3) is 5.91 Å². The Bertz CT molecular complexity index is 493. The first-order valence-corrected chi connectivity index (χ1v) is 5.90. The van der Waals surface area contributed by atoms with Gasteiger partial charge >= 0.3 is 0 Å². The minimum Gasteiger partial charge on any atom is -0.496 e. The van der Waals surface area contributed by atoms with Crippen molar-refractivity contribution in [1.82, 2.24) is 10.6 Å². The van der Waals surface area contributed by atoms with Gasteiger partial charge in [0, 0.05) is 0 Å². The molecule has 1 fully saturated rings. The Hall–Kier alpha value is -2.24. The van der Waals surface area contributed by atoms with E-state index in [2.05, 4.69) is 10.6 Å². The lowest BCUT2D eigenvalue weighted by molar-refractivity contribution is -0.130. The highest BCUT2D eigenvalue weighted by atomic mass is 16.5. The highest BCUT2D eigenvalue weighted by Crippen LogP contribution is 2.28. The largest absolute Gasteiger partial charge is 0.496 e. The van der Waals surface area contributed by atoms with Crippen LogP contribution in [0.1, 0.15) is 17.3 Å². The molecule has 0 radical (unpaired) electrons. The van der Waals surface area contributed by atoms with Crippen molar-refractivity contribution in [3.63, 3.8) is 0 Å². The summed E-state index contributed by atoms with van der Waals surface area (Å²) >= 11 is 0. The average molecular weight is 264 g/mol. The van der Waals surface area contributed by atoms with Gasteiger partial charge in [0.2, 0.25) is 5.91 Å². The van der Waals surface area contributed by atoms with Crippen molar-refractivity contribution in [2.45, 2.75) is 19.0 Å². The van der Waals surface area contributed by atoms with Crippen LogP contribution in [0.2, 0.25) is 0 Å². The molecule has 2 N–H and O–H groups in total. The van der Waals surface area contributed by atoms with E-state index in [-0.39, 0.29) is 17.9 Å². The fraction of sp³-hybridized carbons (Fsp3) is 0.385. The van der Waals surface area contributed by atoms with Gasteiger partial charge in [0.1, 0.15) is 23.1 Å². The maximum atomic E-state index is 12.2. The van der Waals surface area contributed by atoms with Crippen molar-refractivity contribution in [1.29, 1.82) is 0 Å². The van der Waals surface area contributed by atoms with E-state index in [0.29, 0.717) is 17.1 Å². The summed E-state index contributed by atoms with van der Waals surface area (Å²) in [6.07, 6.45) is 0. The SMILES string of the molecule is COc1cccc(OC)c1C(=O)N[C@@H]1C(=O)N[C@H]1C. The second-order valence-electron chi connectivity index (χ2n) is 4.29. The maximum absolute atomic E-state index is 12.2. The van der Waals surface area contributed by atoms with Gasteiger partial charge in [-0.3, -0.25) is 9.59 Å². The Morgan fingerprint density at radius 2 is 1.84 bits per heavy atom. The molecule has 102 valence electrons. The number of hydrogen-bond donors (Lipinski definition) is 2. The molecule has 6 nitrogen and oxygen atoms in total. The van der Waals surface area contributed by atoms with Gasteiger partial charge in [-0.15, -0.1) is 0 Å². The zero-order valence-corrected chi connectivity index (χ0v) is 11.0. The molecule has 1 aliphatic rings. The minimum absolute atomic E-state index is 0.0721. The zero-order chi connectivity index (χ0) is 14.0. The third-order valence-corrected chi connectivity index (χ3v) is 3.09. The molecule has 0 spiro atoms. The normalized spacial score (nSPS) is 21.1. The summed E-state index contributed by atoms with van der Waals surface area (Å²) in [4.78, 5) is 23.6. The molecule has 1 aliphatic heterocycles. The number of benzene rings is 1. The van der Waals surface area contributed by atoms with Gasteiger partial charge < -0.3 is 20.1 Å². The van der Waals surface area contributed by atoms with Crippen molar-refractivity contribution in [2.75, 3.05) is 14.2 Å². The first kappa shape index (κ1) is 13.2. The fourth-order valence-electron chi connectivity index (χ4n) is 2.01. The molecule has 1 saturated heterocycles. The van der Waals surface area contributed by atoms with Gasteiger partial charge in [-0.05, 0) is 19.1 Å². The van der Waals surface area contributed by atoms with E-state index in [1.807, 2.05) is 6.92 Å². The number of nitrogens with one attached hydrogen (secondary N) is 2. The Morgan fingerprint density at radius 1 is 1.26 bits per heavy atom. The predicted octanol–water partition coefficient (Wildman–Crippen LogP) is 0.320. The fourth-order valence-corrected chi connectivity index (χ4v) is 2.01. The molecule has 1 aromatic carbocycles. The van der Waals surface area contributed by atoms with Crippen LogP contribution in [0.15, 0.2) is 18.2 Å². The van der Waals surface area contributed by atoms with Crippen molar-refractivity contribution in [3.8, 4) is 11.5 Å². The number of β-lactam (4-membered cyclic amide) rings is 1. The van der Waals surface area contributed by atoms with Crippen LogP contribution in [-0.4, -0.2) is 38.1 Å². The molecule has 0 unspecified atom stereocenters. The summed E-state index contributed by atoms with van der Waals surface area (Å²) < 4.78 is 10.3. The van der Waals surface area contributed by atoms with Crippen LogP contribution in [-0.2, 0) is 4.79 Å². The van der Waals surface area contributed by atoms with Crippen molar-refractivity contribution in [2.24, 2.45) is 0 Å². The third kappa shape index (κ3) is 2.33. The van der Waals surface area contributed by atoms with Gasteiger partial charge in [-0.2, -0.15) is 0 Å². The highest BCUT2D eigenvalue weighted by Gasteiger charge is 2.37. The Labute approximate surface area is 111 Å². The molecule has 1 aromatic rings. The van der Waals surface area contributed by atoms with E-state index in [9.17, 15) is 9.59 Å². The van der Waals surface area contributed by atoms with Crippen LogP contribution in [0, 0.1) is 0 Å². The monoisotopic (exact) mass is 264 g/mol. The Morgan fingerprint density at radius 3 is 2.26 bits per heavy atom. The predicted molar refractivity (Wildman–Crippen MR) is 68.4 cm³/mol. The number of amides is 2. The quantitative estimate of drug-likeness (QED) is 0.768. The molecule has 2 amide bonds. The number of ether oxygens (including phenoxy) is 2. The summed E-state index contributed by atoms with van der Waals surface area (Å²) in [7, 11) is 2.95. The molecule has 1 heterocycles. The van der Waals surface area contributed by atoms with Gasteiger partial charge in [-0.25, -0.2) is 0 Å². The van der Waals surface area contributed by atoms with E-state index in [1.165, 1.54) is 14.2 Å². The number of methoxy groups -OCH3 is 2. The molecule has 0 aliphatic carbocycles. The van der Waals surface area contributed by atoms with Crippen LogP contribution in [0.3, 0.4) is 0 Å². The molecule has 6 heteroatoms.